The Labute approximate surface area is 93.4 Å². The first-order valence-corrected chi connectivity index (χ1v) is 5.81. The van der Waals surface area contributed by atoms with Crippen LogP contribution in [0, 0.1) is 0 Å². The molecule has 0 saturated carbocycles. The number of hydrogen-bond acceptors (Lipinski definition) is 1. The van der Waals surface area contributed by atoms with Gasteiger partial charge in [-0.1, -0.05) is 32.6 Å². The van der Waals surface area contributed by atoms with Gasteiger partial charge in [0.05, 0.1) is 0 Å². The van der Waals surface area contributed by atoms with Gasteiger partial charge in [-0.2, -0.15) is 0 Å². The molecule has 3 heteroatoms. The largest absolute Gasteiger partial charge is 0.277 e. The minimum Gasteiger partial charge on any atom is -0.277 e. The van der Waals surface area contributed by atoms with Gasteiger partial charge in [0.2, 0.25) is 0 Å². The van der Waals surface area contributed by atoms with Crippen LogP contribution in [0.2, 0.25) is 0 Å². The molecule has 3 nitrogen and oxygen atoms in total. The molecule has 0 aliphatic heterocycles. The smallest absolute Gasteiger partial charge is 0.129 e. The van der Waals surface area contributed by atoms with Crippen molar-refractivity contribution in [1.82, 2.24) is 0 Å². The molecule has 86 valence electrons. The SMILES string of the molecule is CC=NC(CCCCCCC)=NC=NC. The molecule has 0 radical (unpaired) electrons. The third kappa shape index (κ3) is 9.32. The number of amidine groups is 1. The maximum atomic E-state index is 4.21. The summed E-state index contributed by atoms with van der Waals surface area (Å²) >= 11 is 0. The fourth-order valence-electron chi connectivity index (χ4n) is 1.32. The molecule has 0 heterocycles. The van der Waals surface area contributed by atoms with Crippen molar-refractivity contribution in [3.8, 4) is 0 Å². The van der Waals surface area contributed by atoms with E-state index in [1.807, 2.05) is 6.92 Å². The Bertz CT molecular complexity index is 217. The van der Waals surface area contributed by atoms with Crippen molar-refractivity contribution >= 4 is 18.4 Å². The lowest BCUT2D eigenvalue weighted by Crippen LogP contribution is -1.95. The lowest BCUT2D eigenvalue weighted by atomic mass is 10.1. The molecule has 0 aromatic rings. The Morgan fingerprint density at radius 2 is 1.87 bits per heavy atom. The number of aliphatic imine (C=N–C) groups is 3. The third-order valence-electron chi connectivity index (χ3n) is 2.10. The number of nitrogens with zero attached hydrogens (tertiary/aromatic N) is 3. The Hall–Kier alpha value is -0.990. The molecular weight excluding hydrogens is 186 g/mol. The summed E-state index contributed by atoms with van der Waals surface area (Å²) in [6, 6.07) is 0. The third-order valence-corrected chi connectivity index (χ3v) is 2.10. The maximum absolute atomic E-state index is 4.21. The molecule has 0 fully saturated rings. The molecule has 0 N–H and O–H groups in total. The highest BCUT2D eigenvalue weighted by Gasteiger charge is 1.95. The fourth-order valence-corrected chi connectivity index (χ4v) is 1.32. The predicted molar refractivity (Wildman–Crippen MR) is 69.4 cm³/mol. The van der Waals surface area contributed by atoms with Crippen molar-refractivity contribution in [2.75, 3.05) is 7.05 Å². The van der Waals surface area contributed by atoms with Crippen molar-refractivity contribution in [2.45, 2.75) is 52.4 Å². The van der Waals surface area contributed by atoms with E-state index in [0.717, 1.165) is 12.3 Å². The van der Waals surface area contributed by atoms with Gasteiger partial charge < -0.3 is 0 Å². The van der Waals surface area contributed by atoms with Gasteiger partial charge >= 0.3 is 0 Å². The minimum absolute atomic E-state index is 0.889. The second kappa shape index (κ2) is 11.1. The molecule has 0 atom stereocenters. The van der Waals surface area contributed by atoms with Crippen LogP contribution in [0.5, 0.6) is 0 Å². The molecule has 0 rings (SSSR count). The summed E-state index contributed by atoms with van der Waals surface area (Å²) < 4.78 is 0. The summed E-state index contributed by atoms with van der Waals surface area (Å²) in [6.07, 6.45) is 10.7. The molecule has 0 saturated heterocycles. The molecule has 0 aliphatic rings. The molecule has 0 aliphatic carbocycles. The monoisotopic (exact) mass is 209 g/mol. The van der Waals surface area contributed by atoms with Crippen LogP contribution in [0.1, 0.15) is 52.4 Å². The zero-order valence-corrected chi connectivity index (χ0v) is 10.2. The lowest BCUT2D eigenvalue weighted by molar-refractivity contribution is 0.643. The number of unbranched alkanes of at least 4 members (excludes halogenated alkanes) is 4. The van der Waals surface area contributed by atoms with Gasteiger partial charge in [-0.05, 0) is 13.3 Å². The van der Waals surface area contributed by atoms with Crippen LogP contribution in [-0.2, 0) is 0 Å². The van der Waals surface area contributed by atoms with Crippen LogP contribution in [0.3, 0.4) is 0 Å². The summed E-state index contributed by atoms with van der Waals surface area (Å²) in [7, 11) is 1.72. The number of rotatable bonds is 7. The zero-order valence-electron chi connectivity index (χ0n) is 10.2. The van der Waals surface area contributed by atoms with E-state index in [9.17, 15) is 0 Å². The second-order valence-electron chi connectivity index (χ2n) is 3.47. The van der Waals surface area contributed by atoms with Crippen LogP contribution in [-0.4, -0.2) is 25.4 Å². The van der Waals surface area contributed by atoms with E-state index in [1.165, 1.54) is 32.1 Å². The van der Waals surface area contributed by atoms with Crippen molar-refractivity contribution < 1.29 is 0 Å². The van der Waals surface area contributed by atoms with E-state index in [0.29, 0.717) is 0 Å². The Morgan fingerprint density at radius 1 is 1.13 bits per heavy atom. The fraction of sp³-hybridized carbons (Fsp3) is 0.750. The van der Waals surface area contributed by atoms with Crippen LogP contribution >= 0.6 is 0 Å². The molecule has 0 spiro atoms. The van der Waals surface area contributed by atoms with Gasteiger partial charge in [-0.3, -0.25) is 4.99 Å². The lowest BCUT2D eigenvalue weighted by Gasteiger charge is -1.99. The van der Waals surface area contributed by atoms with Gasteiger partial charge in [0, 0.05) is 19.7 Å². The van der Waals surface area contributed by atoms with Crippen molar-refractivity contribution in [3.63, 3.8) is 0 Å². The van der Waals surface area contributed by atoms with Crippen LogP contribution in [0.4, 0.5) is 0 Å². The van der Waals surface area contributed by atoms with E-state index in [2.05, 4.69) is 21.9 Å². The summed E-state index contributed by atoms with van der Waals surface area (Å²) in [5.41, 5.74) is 0. The van der Waals surface area contributed by atoms with Gasteiger partial charge in [0.15, 0.2) is 0 Å². The molecular formula is C12H23N3. The van der Waals surface area contributed by atoms with Gasteiger partial charge in [0.25, 0.3) is 0 Å². The van der Waals surface area contributed by atoms with Gasteiger partial charge in [-0.25, -0.2) is 9.98 Å². The highest BCUT2D eigenvalue weighted by atomic mass is 14.9. The molecule has 0 bridgehead atoms. The average molecular weight is 209 g/mol. The number of hydrogen-bond donors (Lipinski definition) is 0. The molecule has 0 aromatic carbocycles. The first-order valence-electron chi connectivity index (χ1n) is 5.81. The van der Waals surface area contributed by atoms with Gasteiger partial charge in [0.1, 0.15) is 12.2 Å². The van der Waals surface area contributed by atoms with E-state index in [4.69, 9.17) is 0 Å². The summed E-state index contributed by atoms with van der Waals surface area (Å²) in [5, 5.41) is 0. The van der Waals surface area contributed by atoms with Crippen molar-refractivity contribution in [3.05, 3.63) is 0 Å². The first kappa shape index (κ1) is 14.0. The molecule has 0 aromatic heterocycles. The predicted octanol–water partition coefficient (Wildman–Crippen LogP) is 3.49. The van der Waals surface area contributed by atoms with Crippen LogP contribution in [0.25, 0.3) is 0 Å². The molecule has 0 unspecified atom stereocenters. The van der Waals surface area contributed by atoms with Crippen molar-refractivity contribution in [2.24, 2.45) is 15.0 Å². The average Bonchev–Trinajstić information content (AvgIpc) is 2.25. The first-order chi connectivity index (χ1) is 7.35. The van der Waals surface area contributed by atoms with E-state index >= 15 is 0 Å². The minimum atomic E-state index is 0.889. The van der Waals surface area contributed by atoms with Crippen LogP contribution < -0.4 is 0 Å². The highest BCUT2D eigenvalue weighted by Crippen LogP contribution is 2.06. The Morgan fingerprint density at radius 3 is 2.47 bits per heavy atom. The quantitative estimate of drug-likeness (QED) is 0.350. The Balaban J connectivity index is 3.76. The highest BCUT2D eigenvalue weighted by molar-refractivity contribution is 5.93. The zero-order chi connectivity index (χ0) is 11.4. The van der Waals surface area contributed by atoms with E-state index in [-0.39, 0.29) is 0 Å². The van der Waals surface area contributed by atoms with E-state index < -0.39 is 0 Å². The summed E-state index contributed by atoms with van der Waals surface area (Å²) in [6.45, 7) is 4.14. The summed E-state index contributed by atoms with van der Waals surface area (Å²) in [4.78, 5) is 12.2. The standard InChI is InChI=1S/C12H23N3/c1-4-6-7-8-9-10-12(14-5-2)15-11-13-3/h5,11H,4,6-10H2,1-3H3. The van der Waals surface area contributed by atoms with Gasteiger partial charge in [-0.15, -0.1) is 0 Å². The van der Waals surface area contributed by atoms with Crippen molar-refractivity contribution in [1.29, 1.82) is 0 Å². The van der Waals surface area contributed by atoms with E-state index in [1.54, 1.807) is 19.6 Å². The molecule has 15 heavy (non-hydrogen) atoms. The topological polar surface area (TPSA) is 37.1 Å². The normalized spacial score (nSPS) is 13.1. The Kier molecular flexibility index (Phi) is 10.4. The summed E-state index contributed by atoms with van der Waals surface area (Å²) in [5.74, 6) is 0.889. The maximum Gasteiger partial charge on any atom is 0.129 e. The molecule has 0 amide bonds. The van der Waals surface area contributed by atoms with Crippen LogP contribution in [0.15, 0.2) is 15.0 Å². The second-order valence-corrected chi connectivity index (χ2v) is 3.47.